The molecular formula is C48H36FGeN. The molecule has 3 heteroatoms. The van der Waals surface area contributed by atoms with Crippen molar-refractivity contribution in [3.8, 4) is 22.3 Å². The van der Waals surface area contributed by atoms with Crippen LogP contribution >= 0.6 is 0 Å². The van der Waals surface area contributed by atoms with Gasteiger partial charge in [-0.25, -0.2) is 4.39 Å². The van der Waals surface area contributed by atoms with Crippen LogP contribution in [0.25, 0.3) is 22.3 Å². The molecule has 8 aromatic rings. The summed E-state index contributed by atoms with van der Waals surface area (Å²) in [5.41, 5.74) is 7.52. The molecule has 0 aliphatic carbocycles. The summed E-state index contributed by atoms with van der Waals surface area (Å²) in [7, 11) is 0. The molecule has 51 heavy (non-hydrogen) atoms. The molecule has 0 saturated carbocycles. The van der Waals surface area contributed by atoms with E-state index in [1.807, 2.05) is 18.2 Å². The summed E-state index contributed by atoms with van der Waals surface area (Å²) in [6.07, 6.45) is 0. The van der Waals surface area contributed by atoms with Crippen LogP contribution in [0.3, 0.4) is 0 Å². The van der Waals surface area contributed by atoms with Crippen LogP contribution in [0.2, 0.25) is 0 Å². The summed E-state index contributed by atoms with van der Waals surface area (Å²) in [4.78, 5) is 2.17. The van der Waals surface area contributed by atoms with E-state index in [0.29, 0.717) is 0 Å². The van der Waals surface area contributed by atoms with Gasteiger partial charge in [0.15, 0.2) is 0 Å². The van der Waals surface area contributed by atoms with E-state index >= 15 is 0 Å². The van der Waals surface area contributed by atoms with Gasteiger partial charge in [-0.1, -0.05) is 30.3 Å². The van der Waals surface area contributed by atoms with Crippen molar-refractivity contribution in [2.75, 3.05) is 4.90 Å². The van der Waals surface area contributed by atoms with Gasteiger partial charge in [-0.3, -0.25) is 0 Å². The molecule has 0 saturated heterocycles. The second kappa shape index (κ2) is 14.5. The maximum absolute atomic E-state index is 14.0. The van der Waals surface area contributed by atoms with Gasteiger partial charge in [0.1, 0.15) is 5.82 Å². The molecule has 0 aromatic heterocycles. The molecule has 0 aliphatic heterocycles. The molecule has 244 valence electrons. The van der Waals surface area contributed by atoms with Crippen LogP contribution in [-0.2, 0) is 0 Å². The van der Waals surface area contributed by atoms with E-state index in [4.69, 9.17) is 0 Å². The van der Waals surface area contributed by atoms with E-state index in [2.05, 4.69) is 193 Å². The molecule has 0 amide bonds. The van der Waals surface area contributed by atoms with Crippen LogP contribution in [0.1, 0.15) is 0 Å². The van der Waals surface area contributed by atoms with E-state index in [0.717, 1.165) is 33.8 Å². The van der Waals surface area contributed by atoms with E-state index in [-0.39, 0.29) is 5.82 Å². The zero-order valence-electron chi connectivity index (χ0n) is 28.1. The van der Waals surface area contributed by atoms with Crippen molar-refractivity contribution >= 4 is 47.9 Å². The summed E-state index contributed by atoms with van der Waals surface area (Å²) < 4.78 is 19.6. The van der Waals surface area contributed by atoms with Gasteiger partial charge in [-0.05, 0) is 11.1 Å². The molecule has 8 aromatic carbocycles. The van der Waals surface area contributed by atoms with Gasteiger partial charge in [-0.15, -0.1) is 0 Å². The first-order valence-electron chi connectivity index (χ1n) is 17.3. The van der Waals surface area contributed by atoms with Crippen molar-refractivity contribution in [3.63, 3.8) is 0 Å². The Morgan fingerprint density at radius 2 is 0.549 bits per heavy atom. The summed E-state index contributed by atoms with van der Waals surface area (Å²) in [6, 6.07) is 76.8. The number of halogens is 1. The third-order valence-electron chi connectivity index (χ3n) is 9.71. The average molecular weight is 718 g/mol. The fourth-order valence-electron chi connectivity index (χ4n) is 7.25. The SMILES string of the molecule is Fc1ccc(N(c2ccc(-c3ccccc3)cc2)c2ccc(-c3cc[c]([Ge]([c]4ccccc4)([c]4ccccc4)[c]4ccccc4)cc3)cc2)cc1. The van der Waals surface area contributed by atoms with Crippen molar-refractivity contribution in [3.05, 3.63) is 224 Å². The van der Waals surface area contributed by atoms with Crippen molar-refractivity contribution in [1.29, 1.82) is 0 Å². The first-order chi connectivity index (χ1) is 25.2. The molecule has 0 radical (unpaired) electrons. The molecule has 0 heterocycles. The van der Waals surface area contributed by atoms with Crippen LogP contribution < -0.4 is 22.5 Å². The minimum absolute atomic E-state index is 0.253. The van der Waals surface area contributed by atoms with Crippen LogP contribution in [-0.4, -0.2) is 13.3 Å². The molecule has 0 fully saturated rings. The number of hydrogen-bond acceptors (Lipinski definition) is 1. The number of anilines is 3. The molecule has 0 spiro atoms. The number of hydrogen-bond donors (Lipinski definition) is 0. The molecule has 1 nitrogen and oxygen atoms in total. The monoisotopic (exact) mass is 719 g/mol. The van der Waals surface area contributed by atoms with Gasteiger partial charge in [-0.2, -0.15) is 0 Å². The van der Waals surface area contributed by atoms with E-state index in [9.17, 15) is 4.39 Å². The zero-order chi connectivity index (χ0) is 34.5. The third kappa shape index (κ3) is 6.43. The van der Waals surface area contributed by atoms with E-state index in [1.54, 1.807) is 0 Å². The Labute approximate surface area is 302 Å². The van der Waals surface area contributed by atoms with Crippen molar-refractivity contribution in [2.24, 2.45) is 0 Å². The quantitative estimate of drug-likeness (QED) is 0.134. The van der Waals surface area contributed by atoms with Gasteiger partial charge >= 0.3 is 252 Å². The fraction of sp³-hybridized carbons (Fsp3) is 0. The second-order valence-corrected chi connectivity index (χ2v) is 20.7. The normalized spacial score (nSPS) is 11.2. The number of nitrogens with zero attached hydrogens (tertiary/aromatic N) is 1. The van der Waals surface area contributed by atoms with Gasteiger partial charge in [0.05, 0.1) is 0 Å². The second-order valence-electron chi connectivity index (χ2n) is 12.7. The predicted octanol–water partition coefficient (Wildman–Crippen LogP) is 10.0. The van der Waals surface area contributed by atoms with E-state index < -0.39 is 13.3 Å². The standard InChI is InChI=1S/C48H36FGeN/c49-41-27-35-48(36-28-41)51(46-31-23-39(24-32-46)37-13-5-1-6-14-37)47-33-25-40(26-34-47)38-21-29-45(30-22-38)50(42-15-7-2-8-16-42,43-17-9-3-10-18-43)44-19-11-4-12-20-44/h1-36H. The van der Waals surface area contributed by atoms with Crippen LogP contribution in [0.4, 0.5) is 21.5 Å². The van der Waals surface area contributed by atoms with Crippen LogP contribution in [0.5, 0.6) is 0 Å². The molecule has 0 bridgehead atoms. The van der Waals surface area contributed by atoms with E-state index in [1.165, 1.54) is 35.3 Å². The van der Waals surface area contributed by atoms with Crippen molar-refractivity contribution in [1.82, 2.24) is 0 Å². The van der Waals surface area contributed by atoms with Crippen LogP contribution in [0.15, 0.2) is 218 Å². The third-order valence-corrected chi connectivity index (χ3v) is 19.8. The Bertz CT molecular complexity index is 2210. The molecule has 0 N–H and O–H groups in total. The first kappa shape index (κ1) is 32.2. The first-order valence-corrected chi connectivity index (χ1v) is 21.5. The van der Waals surface area contributed by atoms with Crippen molar-refractivity contribution in [2.45, 2.75) is 0 Å². The van der Waals surface area contributed by atoms with Gasteiger partial charge in [0.25, 0.3) is 0 Å². The average Bonchev–Trinajstić information content (AvgIpc) is 3.21. The molecule has 8 rings (SSSR count). The molecule has 0 unspecified atom stereocenters. The predicted molar refractivity (Wildman–Crippen MR) is 216 cm³/mol. The number of benzene rings is 8. The Kier molecular flexibility index (Phi) is 9.16. The van der Waals surface area contributed by atoms with Gasteiger partial charge in [0.2, 0.25) is 0 Å². The summed E-state index contributed by atoms with van der Waals surface area (Å²) in [5.74, 6) is -0.253. The van der Waals surface area contributed by atoms with Gasteiger partial charge in [0, 0.05) is 0 Å². The number of rotatable bonds is 9. The summed E-state index contributed by atoms with van der Waals surface area (Å²) in [5, 5.41) is 0. The Morgan fingerprint density at radius 1 is 0.275 bits per heavy atom. The Balaban J connectivity index is 1.16. The summed E-state index contributed by atoms with van der Waals surface area (Å²) in [6.45, 7) is 0. The Morgan fingerprint density at radius 3 is 0.922 bits per heavy atom. The molecule has 0 atom stereocenters. The van der Waals surface area contributed by atoms with Gasteiger partial charge < -0.3 is 0 Å². The Hall–Kier alpha value is -5.97. The zero-order valence-corrected chi connectivity index (χ0v) is 30.2. The van der Waals surface area contributed by atoms with Crippen LogP contribution in [0, 0.1) is 5.82 Å². The topological polar surface area (TPSA) is 3.24 Å². The summed E-state index contributed by atoms with van der Waals surface area (Å²) >= 11 is -3.32. The molecular weight excluding hydrogens is 682 g/mol. The fourth-order valence-corrected chi connectivity index (χ4v) is 17.2. The van der Waals surface area contributed by atoms with Crippen molar-refractivity contribution < 1.29 is 4.39 Å². The minimum atomic E-state index is -3.32. The maximum atomic E-state index is 14.0. The molecule has 0 aliphatic rings.